The summed E-state index contributed by atoms with van der Waals surface area (Å²) in [5.41, 5.74) is 2.74. The molecule has 5 heteroatoms. The molecule has 0 aliphatic rings. The minimum atomic E-state index is 0.401. The summed E-state index contributed by atoms with van der Waals surface area (Å²) in [7, 11) is 0. The Morgan fingerprint density at radius 2 is 2.00 bits per heavy atom. The standard InChI is InChI=1S/C14H32N4O/c1-5-7-8-11-18(13(3)4)14(17-15)16-10-9-12-19-6-2/h13H,5-12,15H2,1-4H3,(H,16,17). The lowest BCUT2D eigenvalue weighted by atomic mass is 10.2. The Labute approximate surface area is 118 Å². The number of hydrogen-bond acceptors (Lipinski definition) is 3. The number of ether oxygens (including phenoxy) is 1. The quantitative estimate of drug-likeness (QED) is 0.210. The number of hydrogen-bond donors (Lipinski definition) is 2. The summed E-state index contributed by atoms with van der Waals surface area (Å²) in [6, 6.07) is 0.401. The van der Waals surface area contributed by atoms with E-state index in [-0.39, 0.29) is 0 Å². The molecule has 0 aromatic heterocycles. The van der Waals surface area contributed by atoms with Gasteiger partial charge in [0.1, 0.15) is 0 Å². The first-order chi connectivity index (χ1) is 9.17. The molecule has 0 unspecified atom stereocenters. The third-order valence-electron chi connectivity index (χ3n) is 2.94. The van der Waals surface area contributed by atoms with Crippen LogP contribution in [0.3, 0.4) is 0 Å². The third-order valence-corrected chi connectivity index (χ3v) is 2.94. The van der Waals surface area contributed by atoms with Gasteiger partial charge in [-0.2, -0.15) is 0 Å². The first-order valence-corrected chi connectivity index (χ1v) is 7.52. The molecule has 0 amide bonds. The summed E-state index contributed by atoms with van der Waals surface area (Å²) < 4.78 is 5.30. The maximum Gasteiger partial charge on any atom is 0.208 e. The van der Waals surface area contributed by atoms with Crippen LogP contribution in [0.4, 0.5) is 0 Å². The normalized spacial score (nSPS) is 12.0. The number of unbranched alkanes of at least 4 members (excludes halogenated alkanes) is 2. The van der Waals surface area contributed by atoms with E-state index >= 15 is 0 Å². The molecule has 5 nitrogen and oxygen atoms in total. The Bertz CT molecular complexity index is 231. The van der Waals surface area contributed by atoms with E-state index in [4.69, 9.17) is 10.6 Å². The summed E-state index contributed by atoms with van der Waals surface area (Å²) in [4.78, 5) is 6.77. The Kier molecular flexibility index (Phi) is 11.7. The van der Waals surface area contributed by atoms with Crippen molar-refractivity contribution in [1.29, 1.82) is 0 Å². The zero-order chi connectivity index (χ0) is 14.5. The maximum atomic E-state index is 5.60. The van der Waals surface area contributed by atoms with Crippen LogP contribution in [0.25, 0.3) is 0 Å². The minimum absolute atomic E-state index is 0.401. The van der Waals surface area contributed by atoms with Gasteiger partial charge in [-0.1, -0.05) is 19.8 Å². The van der Waals surface area contributed by atoms with Gasteiger partial charge in [0.15, 0.2) is 0 Å². The monoisotopic (exact) mass is 272 g/mol. The van der Waals surface area contributed by atoms with E-state index < -0.39 is 0 Å². The molecule has 0 fully saturated rings. The maximum absolute atomic E-state index is 5.60. The van der Waals surface area contributed by atoms with Gasteiger partial charge in [0, 0.05) is 32.3 Å². The second-order valence-corrected chi connectivity index (χ2v) is 4.89. The van der Waals surface area contributed by atoms with Crippen molar-refractivity contribution in [3.63, 3.8) is 0 Å². The fourth-order valence-electron chi connectivity index (χ4n) is 1.86. The van der Waals surface area contributed by atoms with Crippen LogP contribution in [-0.4, -0.2) is 43.2 Å². The highest BCUT2D eigenvalue weighted by Crippen LogP contribution is 2.04. The van der Waals surface area contributed by atoms with Gasteiger partial charge in [0.05, 0.1) is 0 Å². The van der Waals surface area contributed by atoms with Gasteiger partial charge in [0.2, 0.25) is 5.96 Å². The van der Waals surface area contributed by atoms with Crippen LogP contribution in [0.5, 0.6) is 0 Å². The molecule has 19 heavy (non-hydrogen) atoms. The van der Waals surface area contributed by atoms with Crippen molar-refractivity contribution in [2.45, 2.75) is 59.4 Å². The van der Waals surface area contributed by atoms with Crippen molar-refractivity contribution >= 4 is 5.96 Å². The molecule has 0 radical (unpaired) electrons. The molecule has 0 saturated heterocycles. The zero-order valence-corrected chi connectivity index (χ0v) is 13.1. The van der Waals surface area contributed by atoms with Crippen molar-refractivity contribution in [3.8, 4) is 0 Å². The molecule has 0 spiro atoms. The first kappa shape index (κ1) is 18.2. The van der Waals surface area contributed by atoms with Crippen LogP contribution in [0.2, 0.25) is 0 Å². The Hall–Kier alpha value is -0.810. The van der Waals surface area contributed by atoms with Gasteiger partial charge >= 0.3 is 0 Å². The highest BCUT2D eigenvalue weighted by atomic mass is 16.5. The molecule has 114 valence electrons. The van der Waals surface area contributed by atoms with E-state index in [1.54, 1.807) is 0 Å². The van der Waals surface area contributed by atoms with Gasteiger partial charge < -0.3 is 9.64 Å². The summed E-state index contributed by atoms with van der Waals surface area (Å²) >= 11 is 0. The van der Waals surface area contributed by atoms with Gasteiger partial charge in [-0.15, -0.1) is 0 Å². The van der Waals surface area contributed by atoms with Gasteiger partial charge in [-0.25, -0.2) is 5.84 Å². The fourth-order valence-corrected chi connectivity index (χ4v) is 1.86. The van der Waals surface area contributed by atoms with Crippen LogP contribution in [0, 0.1) is 0 Å². The molecule has 0 aromatic carbocycles. The Morgan fingerprint density at radius 3 is 2.53 bits per heavy atom. The molecular formula is C14H32N4O. The fraction of sp³-hybridized carbons (Fsp3) is 0.929. The van der Waals surface area contributed by atoms with E-state index in [0.29, 0.717) is 6.04 Å². The highest BCUT2D eigenvalue weighted by Gasteiger charge is 2.13. The van der Waals surface area contributed by atoms with Crippen molar-refractivity contribution in [1.82, 2.24) is 10.3 Å². The predicted octanol–water partition coefficient (Wildman–Crippen LogP) is 2.13. The number of nitrogens with one attached hydrogen (secondary N) is 1. The number of guanidine groups is 1. The number of aliphatic imine (C=N–C) groups is 1. The molecular weight excluding hydrogens is 240 g/mol. The molecule has 0 saturated carbocycles. The summed E-state index contributed by atoms with van der Waals surface area (Å²) in [5, 5.41) is 0. The molecule has 0 aliphatic carbocycles. The third kappa shape index (κ3) is 8.83. The average molecular weight is 272 g/mol. The SMILES string of the molecule is CCCCCN(C(=NCCCOCC)NN)C(C)C. The number of rotatable bonds is 10. The molecule has 0 atom stereocenters. The topological polar surface area (TPSA) is 62.9 Å². The van der Waals surface area contributed by atoms with E-state index in [1.807, 2.05) is 6.92 Å². The molecule has 0 rings (SSSR count). The van der Waals surface area contributed by atoms with Crippen molar-refractivity contribution in [3.05, 3.63) is 0 Å². The molecule has 0 bridgehead atoms. The van der Waals surface area contributed by atoms with E-state index in [2.05, 4.69) is 36.1 Å². The summed E-state index contributed by atoms with van der Waals surface area (Å²) in [6.07, 6.45) is 4.57. The molecule has 0 aromatic rings. The van der Waals surface area contributed by atoms with Crippen LogP contribution < -0.4 is 11.3 Å². The minimum Gasteiger partial charge on any atom is -0.382 e. The lowest BCUT2D eigenvalue weighted by Gasteiger charge is -2.29. The van der Waals surface area contributed by atoms with E-state index in [1.165, 1.54) is 19.3 Å². The van der Waals surface area contributed by atoms with Gasteiger partial charge in [-0.05, 0) is 33.6 Å². The van der Waals surface area contributed by atoms with Crippen molar-refractivity contribution in [2.24, 2.45) is 10.8 Å². The smallest absolute Gasteiger partial charge is 0.208 e. The second-order valence-electron chi connectivity index (χ2n) is 4.89. The number of hydrazine groups is 1. The Balaban J connectivity index is 4.26. The summed E-state index contributed by atoms with van der Waals surface area (Å²) in [5.74, 6) is 6.40. The van der Waals surface area contributed by atoms with Crippen molar-refractivity contribution in [2.75, 3.05) is 26.3 Å². The van der Waals surface area contributed by atoms with Crippen LogP contribution in [0.1, 0.15) is 53.4 Å². The van der Waals surface area contributed by atoms with Crippen LogP contribution >= 0.6 is 0 Å². The van der Waals surface area contributed by atoms with E-state index in [0.717, 1.165) is 38.7 Å². The lowest BCUT2D eigenvalue weighted by Crippen LogP contribution is -2.48. The second kappa shape index (κ2) is 12.2. The average Bonchev–Trinajstić information content (AvgIpc) is 2.40. The lowest BCUT2D eigenvalue weighted by molar-refractivity contribution is 0.146. The molecule has 3 N–H and O–H groups in total. The van der Waals surface area contributed by atoms with Gasteiger partial charge in [-0.3, -0.25) is 10.4 Å². The first-order valence-electron chi connectivity index (χ1n) is 7.52. The molecule has 0 heterocycles. The summed E-state index contributed by atoms with van der Waals surface area (Å²) in [6.45, 7) is 11.8. The Morgan fingerprint density at radius 1 is 1.26 bits per heavy atom. The largest absolute Gasteiger partial charge is 0.382 e. The van der Waals surface area contributed by atoms with Crippen LogP contribution in [-0.2, 0) is 4.74 Å². The van der Waals surface area contributed by atoms with Gasteiger partial charge in [0.25, 0.3) is 0 Å². The number of nitrogens with two attached hydrogens (primary N) is 1. The van der Waals surface area contributed by atoms with E-state index in [9.17, 15) is 0 Å². The highest BCUT2D eigenvalue weighted by molar-refractivity contribution is 5.79. The number of nitrogens with zero attached hydrogens (tertiary/aromatic N) is 2. The predicted molar refractivity (Wildman–Crippen MR) is 82.1 cm³/mol. The van der Waals surface area contributed by atoms with Crippen molar-refractivity contribution < 1.29 is 4.74 Å². The molecule has 0 aliphatic heterocycles. The van der Waals surface area contributed by atoms with Crippen LogP contribution in [0.15, 0.2) is 4.99 Å². The zero-order valence-electron chi connectivity index (χ0n) is 13.1.